The molecule has 0 saturated heterocycles. The van der Waals surface area contributed by atoms with Crippen molar-refractivity contribution in [3.8, 4) is 0 Å². The quantitative estimate of drug-likeness (QED) is 0.190. The van der Waals surface area contributed by atoms with Gasteiger partial charge in [-0.05, 0) is 25.3 Å². The second kappa shape index (κ2) is 14.2. The molecular weight excluding hydrogens is 220 g/mol. The molecule has 0 aliphatic carbocycles. The summed E-state index contributed by atoms with van der Waals surface area (Å²) in [5.74, 6) is 0. The van der Waals surface area contributed by atoms with Gasteiger partial charge in [-0.2, -0.15) is 0 Å². The highest BCUT2D eigenvalue weighted by atomic mass is 16.1. The molecule has 0 spiro atoms. The van der Waals surface area contributed by atoms with Gasteiger partial charge >= 0.3 is 0 Å². The van der Waals surface area contributed by atoms with E-state index >= 15 is 0 Å². The van der Waals surface area contributed by atoms with E-state index in [9.17, 15) is 4.79 Å². The van der Waals surface area contributed by atoms with Gasteiger partial charge in [-0.3, -0.25) is 4.79 Å². The lowest BCUT2D eigenvalue weighted by Gasteiger charge is -2.00. The van der Waals surface area contributed by atoms with Crippen LogP contribution in [0.25, 0.3) is 0 Å². The summed E-state index contributed by atoms with van der Waals surface area (Å²) < 4.78 is 0. The Morgan fingerprint density at radius 3 is 2.00 bits per heavy atom. The minimum absolute atomic E-state index is 0.790. The van der Waals surface area contributed by atoms with Crippen LogP contribution >= 0.6 is 0 Å². The highest BCUT2D eigenvalue weighted by molar-refractivity contribution is 5.72. The minimum Gasteiger partial charge on any atom is -0.298 e. The molecule has 0 rings (SSSR count). The van der Waals surface area contributed by atoms with Crippen LogP contribution in [0.2, 0.25) is 0 Å². The summed E-state index contributed by atoms with van der Waals surface area (Å²) in [4.78, 5) is 10.3. The molecule has 0 amide bonds. The second-order valence-electron chi connectivity index (χ2n) is 5.07. The predicted octanol–water partition coefficient (Wildman–Crippen LogP) is 5.61. The summed E-state index contributed by atoms with van der Waals surface area (Å²) in [6, 6.07) is 0. The molecule has 18 heavy (non-hydrogen) atoms. The van der Waals surface area contributed by atoms with Crippen molar-refractivity contribution in [2.45, 2.75) is 78.1 Å². The van der Waals surface area contributed by atoms with Crippen molar-refractivity contribution in [2.75, 3.05) is 0 Å². The van der Waals surface area contributed by atoms with E-state index in [-0.39, 0.29) is 0 Å². The van der Waals surface area contributed by atoms with Crippen molar-refractivity contribution in [3.63, 3.8) is 0 Å². The number of rotatable bonds is 12. The van der Waals surface area contributed by atoms with E-state index in [1.54, 1.807) is 0 Å². The number of aldehydes is 1. The Kier molecular flexibility index (Phi) is 13.5. The van der Waals surface area contributed by atoms with Gasteiger partial charge in [0.25, 0.3) is 0 Å². The number of carbonyl (C=O) groups excluding carboxylic acids is 1. The summed E-state index contributed by atoms with van der Waals surface area (Å²) >= 11 is 0. The van der Waals surface area contributed by atoms with Crippen LogP contribution in [0, 0.1) is 0 Å². The zero-order valence-corrected chi connectivity index (χ0v) is 12.3. The highest BCUT2D eigenvalue weighted by Crippen LogP contribution is 2.10. The Morgan fingerprint density at radius 2 is 1.44 bits per heavy atom. The molecule has 0 heterocycles. The zero-order chi connectivity index (χ0) is 13.5. The van der Waals surface area contributed by atoms with Crippen molar-refractivity contribution in [1.82, 2.24) is 0 Å². The normalized spacial score (nSPS) is 12.2. The first kappa shape index (κ1) is 17.2. The first-order valence-electron chi connectivity index (χ1n) is 7.60. The van der Waals surface area contributed by atoms with Gasteiger partial charge in [-0.1, -0.05) is 76.5 Å². The van der Waals surface area contributed by atoms with E-state index in [4.69, 9.17) is 0 Å². The first-order valence-corrected chi connectivity index (χ1v) is 7.60. The Hall–Kier alpha value is -0.850. The van der Waals surface area contributed by atoms with Gasteiger partial charge in [0, 0.05) is 0 Å². The number of hydrogen-bond donors (Lipinski definition) is 0. The van der Waals surface area contributed by atoms with Crippen LogP contribution in [-0.2, 0) is 4.79 Å². The molecule has 0 aromatic rings. The Bertz CT molecular complexity index is 238. The van der Waals surface area contributed by atoms with E-state index in [0.29, 0.717) is 0 Å². The smallest absolute Gasteiger partial charge is 0.145 e. The van der Waals surface area contributed by atoms with Gasteiger partial charge in [-0.25, -0.2) is 0 Å². The molecule has 0 atom stereocenters. The number of unbranched alkanes of at least 4 members (excludes halogenated alkanes) is 9. The van der Waals surface area contributed by atoms with Crippen LogP contribution in [0.15, 0.2) is 23.8 Å². The van der Waals surface area contributed by atoms with Gasteiger partial charge in [0.05, 0.1) is 0 Å². The fraction of sp³-hybridized carbons (Fsp3) is 0.706. The van der Waals surface area contributed by atoms with Crippen LogP contribution < -0.4 is 0 Å². The lowest BCUT2D eigenvalue weighted by atomic mass is 10.1. The topological polar surface area (TPSA) is 17.1 Å². The molecular formula is C17H30O. The number of allylic oxidation sites excluding steroid dienone is 4. The third kappa shape index (κ3) is 13.2. The molecule has 1 nitrogen and oxygen atoms in total. The van der Waals surface area contributed by atoms with Gasteiger partial charge in [-0.15, -0.1) is 0 Å². The van der Waals surface area contributed by atoms with Gasteiger partial charge in [0.2, 0.25) is 0 Å². The third-order valence-corrected chi connectivity index (χ3v) is 3.16. The third-order valence-electron chi connectivity index (χ3n) is 3.16. The Labute approximate surface area is 113 Å². The maximum Gasteiger partial charge on any atom is 0.145 e. The molecule has 0 fully saturated rings. The molecule has 0 saturated carbocycles. The van der Waals surface area contributed by atoms with Gasteiger partial charge < -0.3 is 0 Å². The standard InChI is InChI=1S/C17H30O/c1-3-4-5-6-7-8-9-10-11-12-13-14-15-17(2)16-18/h13-16H,3-12H2,1-2H3/b14-13+,17-15+. The average Bonchev–Trinajstić information content (AvgIpc) is 2.39. The van der Waals surface area contributed by atoms with E-state index in [1.807, 2.05) is 19.1 Å². The molecule has 0 aliphatic heterocycles. The van der Waals surface area contributed by atoms with Gasteiger partial charge in [0.15, 0.2) is 0 Å². The molecule has 104 valence electrons. The molecule has 0 aromatic heterocycles. The van der Waals surface area contributed by atoms with E-state index < -0.39 is 0 Å². The summed E-state index contributed by atoms with van der Waals surface area (Å²) in [6.45, 7) is 4.09. The minimum atomic E-state index is 0.790. The SMILES string of the molecule is CCCCCCCCCCC/C=C/C=C(\C)C=O. The lowest BCUT2D eigenvalue weighted by Crippen LogP contribution is -1.80. The van der Waals surface area contributed by atoms with E-state index in [1.165, 1.54) is 57.8 Å². The summed E-state index contributed by atoms with van der Waals surface area (Å²) in [7, 11) is 0. The summed E-state index contributed by atoms with van der Waals surface area (Å²) in [5.41, 5.74) is 0.790. The van der Waals surface area contributed by atoms with Crippen LogP contribution in [0.3, 0.4) is 0 Å². The molecule has 1 heteroatoms. The molecule has 0 bridgehead atoms. The molecule has 0 unspecified atom stereocenters. The number of carbonyl (C=O) groups is 1. The Morgan fingerprint density at radius 1 is 0.889 bits per heavy atom. The van der Waals surface area contributed by atoms with Gasteiger partial charge in [0.1, 0.15) is 6.29 Å². The van der Waals surface area contributed by atoms with Crippen LogP contribution in [0.1, 0.15) is 78.1 Å². The molecule has 0 aliphatic rings. The van der Waals surface area contributed by atoms with Crippen molar-refractivity contribution in [2.24, 2.45) is 0 Å². The summed E-state index contributed by atoms with van der Waals surface area (Å²) in [6.07, 6.45) is 20.4. The molecule has 0 radical (unpaired) electrons. The zero-order valence-electron chi connectivity index (χ0n) is 12.3. The maximum absolute atomic E-state index is 10.3. The van der Waals surface area contributed by atoms with Crippen molar-refractivity contribution in [1.29, 1.82) is 0 Å². The average molecular weight is 250 g/mol. The fourth-order valence-electron chi connectivity index (χ4n) is 1.93. The highest BCUT2D eigenvalue weighted by Gasteiger charge is 1.90. The molecule has 0 N–H and O–H groups in total. The lowest BCUT2D eigenvalue weighted by molar-refractivity contribution is -0.104. The maximum atomic E-state index is 10.3. The Balaban J connectivity index is 3.18. The van der Waals surface area contributed by atoms with E-state index in [2.05, 4.69) is 13.0 Å². The fourth-order valence-corrected chi connectivity index (χ4v) is 1.93. The van der Waals surface area contributed by atoms with Crippen LogP contribution in [0.4, 0.5) is 0 Å². The summed E-state index contributed by atoms with van der Waals surface area (Å²) in [5, 5.41) is 0. The van der Waals surface area contributed by atoms with Crippen LogP contribution in [-0.4, -0.2) is 6.29 Å². The predicted molar refractivity (Wildman–Crippen MR) is 80.8 cm³/mol. The van der Waals surface area contributed by atoms with Crippen LogP contribution in [0.5, 0.6) is 0 Å². The first-order chi connectivity index (χ1) is 8.81. The molecule has 0 aromatic carbocycles. The largest absolute Gasteiger partial charge is 0.298 e. The van der Waals surface area contributed by atoms with Crippen molar-refractivity contribution < 1.29 is 4.79 Å². The van der Waals surface area contributed by atoms with E-state index in [0.717, 1.165) is 18.3 Å². The second-order valence-corrected chi connectivity index (χ2v) is 5.07. The van der Waals surface area contributed by atoms with Crippen molar-refractivity contribution in [3.05, 3.63) is 23.8 Å². The van der Waals surface area contributed by atoms with Crippen molar-refractivity contribution >= 4 is 6.29 Å². The monoisotopic (exact) mass is 250 g/mol. The number of hydrogen-bond acceptors (Lipinski definition) is 1.